The van der Waals surface area contributed by atoms with Gasteiger partial charge in [0.25, 0.3) is 0 Å². The Morgan fingerprint density at radius 3 is 2.59 bits per heavy atom. The van der Waals surface area contributed by atoms with Crippen molar-refractivity contribution in [3.63, 3.8) is 0 Å². The van der Waals surface area contributed by atoms with Gasteiger partial charge in [-0.2, -0.15) is 0 Å². The van der Waals surface area contributed by atoms with Crippen molar-refractivity contribution >= 4 is 5.91 Å². The van der Waals surface area contributed by atoms with Crippen molar-refractivity contribution in [2.24, 2.45) is 0 Å². The van der Waals surface area contributed by atoms with Gasteiger partial charge in [0, 0.05) is 32.6 Å². The Labute approximate surface area is 131 Å². The highest BCUT2D eigenvalue weighted by Gasteiger charge is 2.21. The number of amides is 1. The molecule has 0 radical (unpaired) electrons. The lowest BCUT2D eigenvalue weighted by Gasteiger charge is -2.21. The molecule has 0 aliphatic carbocycles. The highest BCUT2D eigenvalue weighted by atomic mass is 16.3. The van der Waals surface area contributed by atoms with Crippen molar-refractivity contribution in [1.82, 2.24) is 9.80 Å². The van der Waals surface area contributed by atoms with Gasteiger partial charge in [-0.1, -0.05) is 29.8 Å². The van der Waals surface area contributed by atoms with Gasteiger partial charge in [-0.15, -0.1) is 0 Å². The van der Waals surface area contributed by atoms with Crippen LogP contribution in [0.15, 0.2) is 47.1 Å². The van der Waals surface area contributed by atoms with E-state index >= 15 is 0 Å². The second-order valence-corrected chi connectivity index (χ2v) is 5.91. The number of nitrogens with zero attached hydrogens (tertiary/aromatic N) is 2. The van der Waals surface area contributed by atoms with Crippen molar-refractivity contribution in [3.05, 3.63) is 59.5 Å². The molecule has 0 unspecified atom stereocenters. The van der Waals surface area contributed by atoms with Gasteiger partial charge in [0.1, 0.15) is 5.76 Å². The number of hydrogen-bond donors (Lipinski definition) is 0. The van der Waals surface area contributed by atoms with E-state index in [4.69, 9.17) is 4.42 Å². The molecule has 0 N–H and O–H groups in total. The normalized spacial score (nSPS) is 16.8. The third-order valence-corrected chi connectivity index (χ3v) is 4.13. The van der Waals surface area contributed by atoms with E-state index in [-0.39, 0.29) is 5.91 Å². The molecule has 4 nitrogen and oxygen atoms in total. The lowest BCUT2D eigenvalue weighted by atomic mass is 10.1. The van der Waals surface area contributed by atoms with Gasteiger partial charge in [-0.05, 0) is 24.6 Å². The minimum atomic E-state index is 0.238. The zero-order valence-electron chi connectivity index (χ0n) is 13.0. The minimum absolute atomic E-state index is 0.238. The molecule has 1 aromatic heterocycles. The molecule has 1 aromatic carbocycles. The number of benzene rings is 1. The first-order chi connectivity index (χ1) is 10.7. The summed E-state index contributed by atoms with van der Waals surface area (Å²) in [6, 6.07) is 12.3. The van der Waals surface area contributed by atoms with Gasteiger partial charge in [0.05, 0.1) is 12.8 Å². The largest absolute Gasteiger partial charge is 0.468 e. The Morgan fingerprint density at radius 1 is 1.05 bits per heavy atom. The predicted molar refractivity (Wildman–Crippen MR) is 85.2 cm³/mol. The minimum Gasteiger partial charge on any atom is -0.468 e. The van der Waals surface area contributed by atoms with E-state index in [1.54, 1.807) is 6.26 Å². The molecular formula is C18H22N2O2. The topological polar surface area (TPSA) is 36.7 Å². The first kappa shape index (κ1) is 14.9. The molecule has 1 aliphatic rings. The summed E-state index contributed by atoms with van der Waals surface area (Å²) in [7, 11) is 0. The lowest BCUT2D eigenvalue weighted by molar-refractivity contribution is -0.130. The standard InChI is InChI=1S/C18H22N2O2/c1-15-4-6-16(7-5-15)13-20-11-10-19(9-8-18(20)21)14-17-3-2-12-22-17/h2-7,12H,8-11,13-14H2,1H3. The molecule has 0 saturated carbocycles. The molecule has 0 spiro atoms. The quantitative estimate of drug-likeness (QED) is 0.871. The van der Waals surface area contributed by atoms with Crippen molar-refractivity contribution in [2.45, 2.75) is 26.4 Å². The second-order valence-electron chi connectivity index (χ2n) is 5.91. The van der Waals surface area contributed by atoms with Gasteiger partial charge < -0.3 is 9.32 Å². The first-order valence-corrected chi connectivity index (χ1v) is 7.79. The molecule has 1 saturated heterocycles. The number of rotatable bonds is 4. The maximum atomic E-state index is 12.3. The van der Waals surface area contributed by atoms with Crippen LogP contribution in [0, 0.1) is 6.92 Å². The zero-order chi connectivity index (χ0) is 15.4. The molecule has 3 rings (SSSR count). The summed E-state index contributed by atoms with van der Waals surface area (Å²) in [5.74, 6) is 1.20. The van der Waals surface area contributed by atoms with Crippen LogP contribution in [0.4, 0.5) is 0 Å². The van der Waals surface area contributed by atoms with Crippen molar-refractivity contribution < 1.29 is 9.21 Å². The monoisotopic (exact) mass is 298 g/mol. The van der Waals surface area contributed by atoms with Gasteiger partial charge >= 0.3 is 0 Å². The summed E-state index contributed by atoms with van der Waals surface area (Å²) in [5.41, 5.74) is 2.44. The van der Waals surface area contributed by atoms with Gasteiger partial charge in [-0.3, -0.25) is 9.69 Å². The fourth-order valence-electron chi connectivity index (χ4n) is 2.77. The Bertz CT molecular complexity index is 605. The van der Waals surface area contributed by atoms with Crippen LogP contribution in [0.1, 0.15) is 23.3 Å². The molecular weight excluding hydrogens is 276 g/mol. The molecule has 0 bridgehead atoms. The number of hydrogen-bond acceptors (Lipinski definition) is 3. The third-order valence-electron chi connectivity index (χ3n) is 4.13. The summed E-state index contributed by atoms with van der Waals surface area (Å²) in [5, 5.41) is 0. The Balaban J connectivity index is 1.59. The molecule has 1 amide bonds. The van der Waals surface area contributed by atoms with E-state index in [0.29, 0.717) is 13.0 Å². The van der Waals surface area contributed by atoms with E-state index in [9.17, 15) is 4.79 Å². The Kier molecular flexibility index (Phi) is 4.59. The molecule has 2 aromatic rings. The van der Waals surface area contributed by atoms with Crippen molar-refractivity contribution in [3.8, 4) is 0 Å². The SMILES string of the molecule is Cc1ccc(CN2CCN(Cc3ccco3)CCC2=O)cc1. The molecule has 0 atom stereocenters. The number of furan rings is 1. The molecule has 116 valence electrons. The maximum absolute atomic E-state index is 12.3. The third kappa shape index (κ3) is 3.77. The van der Waals surface area contributed by atoms with E-state index in [2.05, 4.69) is 36.1 Å². The van der Waals surface area contributed by atoms with Crippen molar-refractivity contribution in [1.29, 1.82) is 0 Å². The van der Waals surface area contributed by atoms with Gasteiger partial charge in [0.2, 0.25) is 5.91 Å². The number of carbonyl (C=O) groups is 1. The van der Waals surface area contributed by atoms with Crippen LogP contribution < -0.4 is 0 Å². The van der Waals surface area contributed by atoms with Crippen LogP contribution in [0.25, 0.3) is 0 Å². The molecule has 2 heterocycles. The summed E-state index contributed by atoms with van der Waals surface area (Å²) >= 11 is 0. The second kappa shape index (κ2) is 6.79. The van der Waals surface area contributed by atoms with Crippen LogP contribution >= 0.6 is 0 Å². The zero-order valence-corrected chi connectivity index (χ0v) is 13.0. The lowest BCUT2D eigenvalue weighted by Crippen LogP contribution is -2.32. The van der Waals surface area contributed by atoms with Gasteiger partial charge in [0.15, 0.2) is 0 Å². The van der Waals surface area contributed by atoms with E-state index in [1.807, 2.05) is 17.0 Å². The maximum Gasteiger partial charge on any atom is 0.224 e. The molecule has 1 aliphatic heterocycles. The van der Waals surface area contributed by atoms with Crippen molar-refractivity contribution in [2.75, 3.05) is 19.6 Å². The van der Waals surface area contributed by atoms with Gasteiger partial charge in [-0.25, -0.2) is 0 Å². The molecule has 4 heteroatoms. The Morgan fingerprint density at radius 2 is 1.86 bits per heavy atom. The summed E-state index contributed by atoms with van der Waals surface area (Å²) in [6.07, 6.45) is 2.27. The highest BCUT2D eigenvalue weighted by molar-refractivity contribution is 5.76. The van der Waals surface area contributed by atoms with E-state index in [1.165, 1.54) is 11.1 Å². The van der Waals surface area contributed by atoms with E-state index in [0.717, 1.165) is 31.9 Å². The van der Waals surface area contributed by atoms with Crippen LogP contribution in [0.2, 0.25) is 0 Å². The van der Waals surface area contributed by atoms with E-state index < -0.39 is 0 Å². The highest BCUT2D eigenvalue weighted by Crippen LogP contribution is 2.13. The van der Waals surface area contributed by atoms with Crippen LogP contribution in [-0.4, -0.2) is 35.3 Å². The van der Waals surface area contributed by atoms with Crippen LogP contribution in [-0.2, 0) is 17.9 Å². The fraction of sp³-hybridized carbons (Fsp3) is 0.389. The molecule has 22 heavy (non-hydrogen) atoms. The van der Waals surface area contributed by atoms with Crippen LogP contribution in [0.3, 0.4) is 0 Å². The summed E-state index contributed by atoms with van der Waals surface area (Å²) < 4.78 is 5.40. The number of carbonyl (C=O) groups excluding carboxylic acids is 1. The summed E-state index contributed by atoms with van der Waals surface area (Å²) in [6.45, 7) is 6.01. The summed E-state index contributed by atoms with van der Waals surface area (Å²) in [4.78, 5) is 16.6. The first-order valence-electron chi connectivity index (χ1n) is 7.79. The Hall–Kier alpha value is -2.07. The predicted octanol–water partition coefficient (Wildman–Crippen LogP) is 2.82. The smallest absolute Gasteiger partial charge is 0.224 e. The number of aryl methyl sites for hydroxylation is 1. The average molecular weight is 298 g/mol. The van der Waals surface area contributed by atoms with Crippen LogP contribution in [0.5, 0.6) is 0 Å². The average Bonchev–Trinajstić information content (AvgIpc) is 2.97. The fourth-order valence-corrected chi connectivity index (χ4v) is 2.77. The molecule has 1 fully saturated rings.